The van der Waals surface area contributed by atoms with Gasteiger partial charge in [-0.05, 0) is 49.4 Å². The van der Waals surface area contributed by atoms with E-state index in [1.807, 2.05) is 18.2 Å². The van der Waals surface area contributed by atoms with E-state index in [1.165, 1.54) is 6.07 Å². The summed E-state index contributed by atoms with van der Waals surface area (Å²) < 4.78 is 0. The fourth-order valence-corrected chi connectivity index (χ4v) is 3.07. The number of pyridine rings is 1. The Kier molecular flexibility index (Phi) is 5.58. The molecule has 0 radical (unpaired) electrons. The van der Waals surface area contributed by atoms with Gasteiger partial charge in [0.1, 0.15) is 6.20 Å². The second-order valence-corrected chi connectivity index (χ2v) is 5.96. The molecule has 25 heavy (non-hydrogen) atoms. The van der Waals surface area contributed by atoms with Crippen LogP contribution in [0.1, 0.15) is 46.1 Å². The number of fused-ring (bicyclic) bond motifs is 1. The van der Waals surface area contributed by atoms with Crippen LogP contribution in [0, 0.1) is 17.0 Å². The molecule has 7 nitrogen and oxygen atoms in total. The molecule has 0 fully saturated rings. The van der Waals surface area contributed by atoms with Gasteiger partial charge in [0.15, 0.2) is 0 Å². The third kappa shape index (κ3) is 3.88. The van der Waals surface area contributed by atoms with Gasteiger partial charge in [-0.15, -0.1) is 12.4 Å². The van der Waals surface area contributed by atoms with Crippen molar-refractivity contribution in [2.24, 2.45) is 0 Å². The van der Waals surface area contributed by atoms with Gasteiger partial charge in [-0.3, -0.25) is 19.9 Å². The van der Waals surface area contributed by atoms with Crippen molar-refractivity contribution in [1.29, 1.82) is 0 Å². The summed E-state index contributed by atoms with van der Waals surface area (Å²) in [5.74, 6) is -0.349. The SMILES string of the molecule is Cc1ncc([N+](=O)[O-])cc1C(=O)NC1CCCc2cc(N)ccc21.Cl. The maximum Gasteiger partial charge on any atom is 0.288 e. The lowest BCUT2D eigenvalue weighted by Gasteiger charge is -2.26. The lowest BCUT2D eigenvalue weighted by molar-refractivity contribution is -0.385. The smallest absolute Gasteiger partial charge is 0.288 e. The number of benzene rings is 1. The van der Waals surface area contributed by atoms with Gasteiger partial charge in [-0.25, -0.2) is 0 Å². The van der Waals surface area contributed by atoms with Crippen molar-refractivity contribution in [3.63, 3.8) is 0 Å². The first-order chi connectivity index (χ1) is 11.5. The zero-order chi connectivity index (χ0) is 17.3. The molecular weight excluding hydrogens is 344 g/mol. The highest BCUT2D eigenvalue weighted by Gasteiger charge is 2.24. The topological polar surface area (TPSA) is 111 Å². The first-order valence-electron chi connectivity index (χ1n) is 7.76. The average molecular weight is 363 g/mol. The molecule has 1 amide bonds. The van der Waals surface area contributed by atoms with E-state index in [1.54, 1.807) is 6.92 Å². The molecule has 0 saturated heterocycles. The van der Waals surface area contributed by atoms with Crippen molar-refractivity contribution < 1.29 is 9.72 Å². The number of nitro groups is 1. The highest BCUT2D eigenvalue weighted by Crippen LogP contribution is 2.31. The van der Waals surface area contributed by atoms with Gasteiger partial charge in [-0.2, -0.15) is 0 Å². The number of nitrogen functional groups attached to an aromatic ring is 1. The van der Waals surface area contributed by atoms with Crippen molar-refractivity contribution in [2.45, 2.75) is 32.2 Å². The highest BCUT2D eigenvalue weighted by atomic mass is 35.5. The van der Waals surface area contributed by atoms with Crippen LogP contribution >= 0.6 is 12.4 Å². The van der Waals surface area contributed by atoms with Crippen LogP contribution in [0.4, 0.5) is 11.4 Å². The third-order valence-electron chi connectivity index (χ3n) is 4.31. The quantitative estimate of drug-likeness (QED) is 0.495. The van der Waals surface area contributed by atoms with Crippen LogP contribution in [0.15, 0.2) is 30.5 Å². The molecular formula is C17H19ClN4O3. The molecule has 3 N–H and O–H groups in total. The number of carbonyl (C=O) groups is 1. The van der Waals surface area contributed by atoms with Gasteiger partial charge < -0.3 is 11.1 Å². The Bertz CT molecular complexity index is 826. The summed E-state index contributed by atoms with van der Waals surface area (Å²) in [5, 5.41) is 13.9. The van der Waals surface area contributed by atoms with E-state index < -0.39 is 4.92 Å². The van der Waals surface area contributed by atoms with Crippen molar-refractivity contribution in [3.05, 3.63) is 63.0 Å². The van der Waals surface area contributed by atoms with Gasteiger partial charge in [0.2, 0.25) is 0 Å². The van der Waals surface area contributed by atoms with E-state index in [0.717, 1.165) is 36.6 Å². The summed E-state index contributed by atoms with van der Waals surface area (Å²) in [6, 6.07) is 6.84. The normalized spacial score (nSPS) is 15.6. The Balaban J connectivity index is 0.00000225. The van der Waals surface area contributed by atoms with E-state index in [0.29, 0.717) is 11.4 Å². The molecule has 1 atom stereocenters. The summed E-state index contributed by atoms with van der Waals surface area (Å²) in [6.45, 7) is 1.66. The number of aryl methyl sites for hydroxylation is 2. The number of rotatable bonds is 3. The molecule has 1 aliphatic rings. The van der Waals surface area contributed by atoms with Crippen LogP contribution in [0.2, 0.25) is 0 Å². The number of hydrogen-bond donors (Lipinski definition) is 2. The highest BCUT2D eigenvalue weighted by molar-refractivity contribution is 5.96. The Morgan fingerprint density at radius 1 is 1.40 bits per heavy atom. The number of nitrogens with two attached hydrogens (primary N) is 1. The second kappa shape index (κ2) is 7.48. The lowest BCUT2D eigenvalue weighted by atomic mass is 9.87. The Hall–Kier alpha value is -2.67. The van der Waals surface area contributed by atoms with E-state index in [-0.39, 0.29) is 35.6 Å². The number of aromatic nitrogens is 1. The van der Waals surface area contributed by atoms with Gasteiger partial charge in [-0.1, -0.05) is 6.07 Å². The standard InChI is InChI=1S/C17H18N4O3.ClH/c1-10-15(8-13(9-19-10)21(23)24)17(22)20-16-4-2-3-11-7-12(18)5-6-14(11)16;/h5-9,16H,2-4,18H2,1H3,(H,20,22);1H. The maximum absolute atomic E-state index is 12.6. The minimum Gasteiger partial charge on any atom is -0.399 e. The predicted octanol–water partition coefficient (Wildman–Crippen LogP) is 3.11. The Morgan fingerprint density at radius 2 is 2.16 bits per heavy atom. The molecule has 0 spiro atoms. The van der Waals surface area contributed by atoms with E-state index >= 15 is 0 Å². The average Bonchev–Trinajstić information content (AvgIpc) is 2.54. The van der Waals surface area contributed by atoms with Crippen LogP contribution in [0.5, 0.6) is 0 Å². The van der Waals surface area contributed by atoms with Crippen molar-refractivity contribution >= 4 is 29.7 Å². The van der Waals surface area contributed by atoms with E-state index in [2.05, 4.69) is 10.3 Å². The van der Waals surface area contributed by atoms with E-state index in [9.17, 15) is 14.9 Å². The minimum atomic E-state index is -0.554. The molecule has 2 aromatic rings. The van der Waals surface area contributed by atoms with Gasteiger partial charge in [0, 0.05) is 11.8 Å². The van der Waals surface area contributed by atoms with Crippen LogP contribution in [0.3, 0.4) is 0 Å². The number of hydrogen-bond acceptors (Lipinski definition) is 5. The van der Waals surface area contributed by atoms with Crippen molar-refractivity contribution in [3.8, 4) is 0 Å². The van der Waals surface area contributed by atoms with Crippen LogP contribution in [-0.2, 0) is 6.42 Å². The molecule has 1 aromatic carbocycles. The van der Waals surface area contributed by atoms with Gasteiger partial charge >= 0.3 is 0 Å². The number of nitrogens with zero attached hydrogens (tertiary/aromatic N) is 2. The molecule has 0 bridgehead atoms. The van der Waals surface area contributed by atoms with E-state index in [4.69, 9.17) is 5.73 Å². The predicted molar refractivity (Wildman–Crippen MR) is 96.9 cm³/mol. The zero-order valence-electron chi connectivity index (χ0n) is 13.7. The molecule has 0 saturated carbocycles. The maximum atomic E-state index is 12.6. The molecule has 1 heterocycles. The fourth-order valence-electron chi connectivity index (χ4n) is 3.07. The monoisotopic (exact) mass is 362 g/mol. The first kappa shape index (κ1) is 18.7. The lowest BCUT2D eigenvalue weighted by Crippen LogP contribution is -2.31. The molecule has 1 aliphatic carbocycles. The zero-order valence-corrected chi connectivity index (χ0v) is 14.5. The number of halogens is 1. The molecule has 8 heteroatoms. The number of carbonyl (C=O) groups excluding carboxylic acids is 1. The number of nitrogens with one attached hydrogen (secondary N) is 1. The van der Waals surface area contributed by atoms with Crippen LogP contribution in [-0.4, -0.2) is 15.8 Å². The summed E-state index contributed by atoms with van der Waals surface area (Å²) in [4.78, 5) is 26.9. The first-order valence-corrected chi connectivity index (χ1v) is 7.76. The fraction of sp³-hybridized carbons (Fsp3) is 0.294. The van der Waals surface area contributed by atoms with Crippen LogP contribution in [0.25, 0.3) is 0 Å². The third-order valence-corrected chi connectivity index (χ3v) is 4.31. The summed E-state index contributed by atoms with van der Waals surface area (Å²) in [7, 11) is 0. The van der Waals surface area contributed by atoms with Crippen molar-refractivity contribution in [1.82, 2.24) is 10.3 Å². The Labute approximate surface area is 151 Å². The number of amides is 1. The van der Waals surface area contributed by atoms with Gasteiger partial charge in [0.25, 0.3) is 11.6 Å². The molecule has 3 rings (SSSR count). The van der Waals surface area contributed by atoms with Crippen molar-refractivity contribution in [2.75, 3.05) is 5.73 Å². The molecule has 132 valence electrons. The molecule has 1 unspecified atom stereocenters. The second-order valence-electron chi connectivity index (χ2n) is 5.96. The summed E-state index contributed by atoms with van der Waals surface area (Å²) in [5.41, 5.74) is 9.23. The largest absolute Gasteiger partial charge is 0.399 e. The molecule has 0 aliphatic heterocycles. The van der Waals surface area contributed by atoms with Gasteiger partial charge in [0.05, 0.1) is 22.2 Å². The van der Waals surface area contributed by atoms with Crippen LogP contribution < -0.4 is 11.1 Å². The number of anilines is 1. The minimum absolute atomic E-state index is 0. The summed E-state index contributed by atoms with van der Waals surface area (Å²) >= 11 is 0. The molecule has 1 aromatic heterocycles. The Morgan fingerprint density at radius 3 is 2.88 bits per heavy atom. The summed E-state index contributed by atoms with van der Waals surface area (Å²) in [6.07, 6.45) is 3.87.